The van der Waals surface area contributed by atoms with E-state index in [2.05, 4.69) is 0 Å². The molecule has 1 saturated carbocycles. The number of hydrogen-bond acceptors (Lipinski definition) is 3. The fourth-order valence-electron chi connectivity index (χ4n) is 3.56. The van der Waals surface area contributed by atoms with E-state index < -0.39 is 15.1 Å². The van der Waals surface area contributed by atoms with Gasteiger partial charge in [-0.25, -0.2) is 5.06 Å². The summed E-state index contributed by atoms with van der Waals surface area (Å²) in [6, 6.07) is 17.9. The zero-order valence-electron chi connectivity index (χ0n) is 15.1. The second-order valence-electron chi connectivity index (χ2n) is 6.72. The zero-order chi connectivity index (χ0) is 18.2. The molecule has 0 bridgehead atoms. The average molecular weight is 359 g/mol. The van der Waals surface area contributed by atoms with E-state index in [4.69, 9.17) is 4.84 Å². The maximum absolute atomic E-state index is 12.8. The molecular formula is C20H25NO3S. The molecule has 0 aliphatic heterocycles. The van der Waals surface area contributed by atoms with Crippen molar-refractivity contribution in [2.45, 2.75) is 23.0 Å². The van der Waals surface area contributed by atoms with Gasteiger partial charge in [-0.05, 0) is 37.3 Å². The normalized spacial score (nSPS) is 25.7. The van der Waals surface area contributed by atoms with Gasteiger partial charge in [0.1, 0.15) is 0 Å². The van der Waals surface area contributed by atoms with E-state index in [1.54, 1.807) is 7.05 Å². The molecule has 0 aromatic heterocycles. The number of aryl methyl sites for hydroxylation is 1. The van der Waals surface area contributed by atoms with E-state index in [9.17, 15) is 9.35 Å². The number of rotatable bonds is 5. The fraction of sp³-hybridized carbons (Fsp3) is 0.350. The minimum Gasteiger partial charge on any atom is -0.347 e. The maximum Gasteiger partial charge on any atom is 0.250 e. The lowest BCUT2D eigenvalue weighted by Gasteiger charge is -2.40. The van der Waals surface area contributed by atoms with Crippen molar-refractivity contribution in [3.63, 3.8) is 0 Å². The van der Waals surface area contributed by atoms with Gasteiger partial charge in [0.25, 0.3) is 5.91 Å². The van der Waals surface area contributed by atoms with Crippen LogP contribution in [0, 0.1) is 12.8 Å². The smallest absolute Gasteiger partial charge is 0.250 e. The van der Waals surface area contributed by atoms with Crippen molar-refractivity contribution in [3.05, 3.63) is 65.7 Å². The number of benzene rings is 2. The second kappa shape index (κ2) is 6.48. The first-order chi connectivity index (χ1) is 11.8. The standard InChI is InChI=1S/C20H25NO3S/c1-15-10-12-16(13-11-15)20(14-18(20)19(22)21(2)24-3)25(4,23)17-8-6-5-7-9-17/h5-13,18,23H,14H2,1-4H3/t18-,20?/m0/s1. The maximum atomic E-state index is 12.8. The van der Waals surface area contributed by atoms with Crippen LogP contribution in [0.2, 0.25) is 0 Å². The molecule has 1 aliphatic rings. The van der Waals surface area contributed by atoms with Gasteiger partial charge in [-0.1, -0.05) is 48.0 Å². The summed E-state index contributed by atoms with van der Waals surface area (Å²) in [4.78, 5) is 18.8. The van der Waals surface area contributed by atoms with Gasteiger partial charge in [0.05, 0.1) is 17.8 Å². The molecule has 5 heteroatoms. The van der Waals surface area contributed by atoms with Gasteiger partial charge in [-0.2, -0.15) is 0 Å². The average Bonchev–Trinajstić information content (AvgIpc) is 3.39. The summed E-state index contributed by atoms with van der Waals surface area (Å²) in [6.07, 6.45) is 2.52. The number of hydrogen-bond donors (Lipinski definition) is 1. The van der Waals surface area contributed by atoms with Crippen LogP contribution >= 0.6 is 10.3 Å². The summed E-state index contributed by atoms with van der Waals surface area (Å²) in [6.45, 7) is 2.03. The summed E-state index contributed by atoms with van der Waals surface area (Å²) in [7, 11) is 0.868. The predicted octanol–water partition coefficient (Wildman–Crippen LogP) is 4.20. The third-order valence-electron chi connectivity index (χ3n) is 5.24. The Morgan fingerprint density at radius 3 is 2.36 bits per heavy atom. The van der Waals surface area contributed by atoms with Crippen molar-refractivity contribution in [1.29, 1.82) is 0 Å². The summed E-state index contributed by atoms with van der Waals surface area (Å²) in [5.41, 5.74) is 2.18. The Kier molecular flexibility index (Phi) is 4.66. The monoisotopic (exact) mass is 359 g/mol. The van der Waals surface area contributed by atoms with Crippen molar-refractivity contribution in [1.82, 2.24) is 5.06 Å². The van der Waals surface area contributed by atoms with Crippen LogP contribution in [0.3, 0.4) is 0 Å². The quantitative estimate of drug-likeness (QED) is 0.814. The largest absolute Gasteiger partial charge is 0.347 e. The summed E-state index contributed by atoms with van der Waals surface area (Å²) < 4.78 is 11.1. The molecule has 1 aliphatic carbocycles. The van der Waals surface area contributed by atoms with Crippen molar-refractivity contribution in [3.8, 4) is 0 Å². The zero-order valence-corrected chi connectivity index (χ0v) is 15.9. The molecule has 3 atom stereocenters. The van der Waals surface area contributed by atoms with Gasteiger partial charge in [-0.3, -0.25) is 9.63 Å². The number of carbonyl (C=O) groups is 1. The molecule has 0 radical (unpaired) electrons. The van der Waals surface area contributed by atoms with Crippen LogP contribution in [0.4, 0.5) is 0 Å². The summed E-state index contributed by atoms with van der Waals surface area (Å²) in [5.74, 6) is -0.378. The van der Waals surface area contributed by atoms with Crippen LogP contribution in [-0.4, -0.2) is 35.9 Å². The summed E-state index contributed by atoms with van der Waals surface area (Å²) in [5, 5.41) is 1.26. The molecule has 0 heterocycles. The molecule has 3 rings (SSSR count). The van der Waals surface area contributed by atoms with Crippen LogP contribution in [0.5, 0.6) is 0 Å². The third-order valence-corrected chi connectivity index (χ3v) is 8.54. The van der Waals surface area contributed by atoms with Gasteiger partial charge < -0.3 is 4.55 Å². The van der Waals surface area contributed by atoms with E-state index >= 15 is 0 Å². The van der Waals surface area contributed by atoms with Gasteiger partial charge in [0.15, 0.2) is 0 Å². The minimum absolute atomic E-state index is 0.0909. The highest BCUT2D eigenvalue weighted by molar-refractivity contribution is 8.29. The third kappa shape index (κ3) is 2.86. The Balaban J connectivity index is 2.09. The molecular weight excluding hydrogens is 334 g/mol. The Hall–Kier alpha value is -1.82. The highest BCUT2D eigenvalue weighted by Gasteiger charge is 2.67. The van der Waals surface area contributed by atoms with Crippen LogP contribution in [-0.2, 0) is 14.4 Å². The number of nitrogens with zero attached hydrogens (tertiary/aromatic N) is 1. The van der Waals surface area contributed by atoms with E-state index in [1.807, 2.05) is 67.8 Å². The highest BCUT2D eigenvalue weighted by atomic mass is 32.3. The Labute approximate surface area is 150 Å². The fourth-order valence-corrected chi connectivity index (χ4v) is 6.41. The van der Waals surface area contributed by atoms with E-state index in [-0.39, 0.29) is 11.8 Å². The lowest BCUT2D eigenvalue weighted by Crippen LogP contribution is -2.32. The second-order valence-corrected chi connectivity index (χ2v) is 9.67. The lowest BCUT2D eigenvalue weighted by atomic mass is 10.1. The van der Waals surface area contributed by atoms with Crippen molar-refractivity contribution < 1.29 is 14.2 Å². The Morgan fingerprint density at radius 1 is 1.20 bits per heavy atom. The van der Waals surface area contributed by atoms with Gasteiger partial charge in [-0.15, -0.1) is 10.3 Å². The first-order valence-electron chi connectivity index (χ1n) is 8.29. The molecule has 0 saturated heterocycles. The molecule has 2 aromatic carbocycles. The summed E-state index contributed by atoms with van der Waals surface area (Å²) >= 11 is 0. The topological polar surface area (TPSA) is 49.8 Å². The van der Waals surface area contributed by atoms with Crippen LogP contribution in [0.25, 0.3) is 0 Å². The Bertz CT molecular complexity index is 760. The van der Waals surface area contributed by atoms with E-state index in [1.165, 1.54) is 12.2 Å². The van der Waals surface area contributed by atoms with Crippen molar-refractivity contribution in [2.24, 2.45) is 5.92 Å². The van der Waals surface area contributed by atoms with Crippen molar-refractivity contribution in [2.75, 3.05) is 20.4 Å². The first kappa shape index (κ1) is 18.0. The molecule has 2 unspecified atom stereocenters. The van der Waals surface area contributed by atoms with Crippen molar-refractivity contribution >= 4 is 16.2 Å². The SMILES string of the molecule is CON(C)C(=O)[C@@H]1CC1(c1ccc(C)cc1)S(C)(O)c1ccccc1. The predicted molar refractivity (Wildman–Crippen MR) is 102 cm³/mol. The van der Waals surface area contributed by atoms with Crippen LogP contribution in [0.1, 0.15) is 17.5 Å². The van der Waals surface area contributed by atoms with Crippen LogP contribution in [0.15, 0.2) is 59.5 Å². The molecule has 1 amide bonds. The van der Waals surface area contributed by atoms with Gasteiger partial charge in [0.2, 0.25) is 0 Å². The van der Waals surface area contributed by atoms with Crippen LogP contribution < -0.4 is 0 Å². The first-order valence-corrected chi connectivity index (χ1v) is 10.3. The molecule has 4 nitrogen and oxygen atoms in total. The number of hydroxylamine groups is 2. The number of amides is 1. The molecule has 2 aromatic rings. The lowest BCUT2D eigenvalue weighted by molar-refractivity contribution is -0.170. The molecule has 25 heavy (non-hydrogen) atoms. The van der Waals surface area contributed by atoms with E-state index in [0.29, 0.717) is 6.42 Å². The molecule has 1 fully saturated rings. The molecule has 0 spiro atoms. The highest BCUT2D eigenvalue weighted by Crippen LogP contribution is 2.78. The Morgan fingerprint density at radius 2 is 1.80 bits per heavy atom. The van der Waals surface area contributed by atoms with E-state index in [0.717, 1.165) is 16.0 Å². The minimum atomic E-state index is -2.23. The molecule has 1 N–H and O–H groups in total. The van der Waals surface area contributed by atoms with Gasteiger partial charge in [0, 0.05) is 11.9 Å². The van der Waals surface area contributed by atoms with Gasteiger partial charge >= 0.3 is 0 Å². The number of carbonyl (C=O) groups excluding carboxylic acids is 1. The molecule has 134 valence electrons.